The highest BCUT2D eigenvalue weighted by molar-refractivity contribution is 7.89. The summed E-state index contributed by atoms with van der Waals surface area (Å²) in [5.74, 6) is -0.215. The van der Waals surface area contributed by atoms with Gasteiger partial charge < -0.3 is 10.1 Å². The largest absolute Gasteiger partial charge is 0.374 e. The van der Waals surface area contributed by atoms with Crippen molar-refractivity contribution >= 4 is 27.5 Å². The first-order valence-corrected chi connectivity index (χ1v) is 13.1. The highest BCUT2D eigenvalue weighted by Crippen LogP contribution is 2.25. The van der Waals surface area contributed by atoms with E-state index in [1.807, 2.05) is 18.2 Å². The van der Waals surface area contributed by atoms with Gasteiger partial charge in [0.25, 0.3) is 0 Å². The summed E-state index contributed by atoms with van der Waals surface area (Å²) in [6.07, 6.45) is 0.964. The Balaban J connectivity index is 1.22. The number of rotatable bonds is 7. The van der Waals surface area contributed by atoms with E-state index in [0.29, 0.717) is 44.1 Å². The Labute approximate surface area is 200 Å². The number of nitrogens with zero attached hydrogens (tertiary/aromatic N) is 2. The minimum Gasteiger partial charge on any atom is -0.374 e. The molecule has 33 heavy (non-hydrogen) atoms. The van der Waals surface area contributed by atoms with Crippen molar-refractivity contribution in [1.82, 2.24) is 14.5 Å². The van der Waals surface area contributed by atoms with Crippen LogP contribution < -0.4 is 5.32 Å². The molecule has 0 aromatic heterocycles. The predicted molar refractivity (Wildman–Crippen MR) is 127 cm³/mol. The molecule has 0 radical (unpaired) electrons. The number of halogens is 1. The van der Waals surface area contributed by atoms with Crippen molar-refractivity contribution in [2.75, 3.05) is 39.3 Å². The van der Waals surface area contributed by atoms with Crippen LogP contribution in [0.5, 0.6) is 0 Å². The number of sulfonamides is 1. The van der Waals surface area contributed by atoms with Crippen LogP contribution >= 0.6 is 11.6 Å². The number of piperidine rings is 1. The molecule has 0 bridgehead atoms. The lowest BCUT2D eigenvalue weighted by molar-refractivity contribution is -0.127. The lowest BCUT2D eigenvalue weighted by atomic mass is 9.97. The minimum atomic E-state index is -3.57. The van der Waals surface area contributed by atoms with Crippen LogP contribution in [0, 0.1) is 5.92 Å². The standard InChI is InChI=1S/C24H30ClN3O4S/c25-21-6-8-23(9-7-21)33(30,31)28-12-10-20(11-13-28)24(29)26-16-22-18-27(14-15-32-22)17-19-4-2-1-3-5-19/h1-9,20,22H,10-18H2,(H,26,29). The Kier molecular flexibility index (Phi) is 8.03. The highest BCUT2D eigenvalue weighted by Gasteiger charge is 2.32. The van der Waals surface area contributed by atoms with Crippen LogP contribution in [0.25, 0.3) is 0 Å². The minimum absolute atomic E-state index is 0.0256. The van der Waals surface area contributed by atoms with Crippen molar-refractivity contribution in [1.29, 1.82) is 0 Å². The molecule has 2 aliphatic rings. The number of carbonyl (C=O) groups is 1. The van der Waals surface area contributed by atoms with Crippen molar-refractivity contribution in [2.45, 2.75) is 30.4 Å². The van der Waals surface area contributed by atoms with Gasteiger partial charge in [-0.2, -0.15) is 4.31 Å². The summed E-state index contributed by atoms with van der Waals surface area (Å²) in [6, 6.07) is 16.5. The van der Waals surface area contributed by atoms with Crippen molar-refractivity contribution in [3.8, 4) is 0 Å². The summed E-state index contributed by atoms with van der Waals surface area (Å²) in [5.41, 5.74) is 1.27. The van der Waals surface area contributed by atoms with E-state index in [4.69, 9.17) is 16.3 Å². The molecule has 2 heterocycles. The maximum atomic E-state index is 12.8. The summed E-state index contributed by atoms with van der Waals surface area (Å²) in [6.45, 7) is 4.28. The fraction of sp³-hybridized carbons (Fsp3) is 0.458. The molecular weight excluding hydrogens is 462 g/mol. The Bertz CT molecular complexity index is 1030. The Morgan fingerprint density at radius 2 is 1.73 bits per heavy atom. The molecule has 9 heteroatoms. The van der Waals surface area contributed by atoms with Crippen LogP contribution in [-0.2, 0) is 26.1 Å². The average Bonchev–Trinajstić information content (AvgIpc) is 2.84. The third-order valence-corrected chi connectivity index (χ3v) is 8.42. The molecule has 2 saturated heterocycles. The van der Waals surface area contributed by atoms with Gasteiger partial charge in [-0.15, -0.1) is 0 Å². The van der Waals surface area contributed by atoms with Gasteiger partial charge in [0.2, 0.25) is 15.9 Å². The van der Waals surface area contributed by atoms with Crippen LogP contribution in [0.2, 0.25) is 5.02 Å². The smallest absolute Gasteiger partial charge is 0.243 e. The number of nitrogens with one attached hydrogen (secondary N) is 1. The third kappa shape index (κ3) is 6.33. The maximum Gasteiger partial charge on any atom is 0.243 e. The van der Waals surface area contributed by atoms with Gasteiger partial charge in [-0.1, -0.05) is 41.9 Å². The topological polar surface area (TPSA) is 79.0 Å². The van der Waals surface area contributed by atoms with Crippen molar-refractivity contribution in [2.24, 2.45) is 5.92 Å². The van der Waals surface area contributed by atoms with Gasteiger partial charge in [-0.3, -0.25) is 9.69 Å². The molecule has 2 aromatic carbocycles. The molecule has 1 amide bonds. The molecule has 1 N–H and O–H groups in total. The van der Waals surface area contributed by atoms with E-state index in [1.165, 1.54) is 22.0 Å². The summed E-state index contributed by atoms with van der Waals surface area (Å²) >= 11 is 5.87. The SMILES string of the molecule is O=C(NCC1CN(Cc2ccccc2)CCO1)C1CCN(S(=O)(=O)c2ccc(Cl)cc2)CC1. The molecule has 2 fully saturated rings. The fourth-order valence-corrected chi connectivity index (χ4v) is 5.96. The van der Waals surface area contributed by atoms with E-state index in [-0.39, 0.29) is 22.8 Å². The lowest BCUT2D eigenvalue weighted by Crippen LogP contribution is -2.49. The second kappa shape index (κ2) is 11.0. The van der Waals surface area contributed by atoms with Crippen LogP contribution in [0.1, 0.15) is 18.4 Å². The highest BCUT2D eigenvalue weighted by atomic mass is 35.5. The molecule has 4 rings (SSSR count). The van der Waals surface area contributed by atoms with Gasteiger partial charge in [0.15, 0.2) is 0 Å². The number of hydrogen-bond acceptors (Lipinski definition) is 5. The average molecular weight is 492 g/mol. The number of carbonyl (C=O) groups excluding carboxylic acids is 1. The molecule has 178 valence electrons. The van der Waals surface area contributed by atoms with Crippen molar-refractivity contribution in [3.05, 3.63) is 65.2 Å². The van der Waals surface area contributed by atoms with E-state index in [1.54, 1.807) is 12.1 Å². The van der Waals surface area contributed by atoms with Crippen molar-refractivity contribution in [3.63, 3.8) is 0 Å². The Hall–Kier alpha value is -1.97. The van der Waals surface area contributed by atoms with E-state index in [2.05, 4.69) is 22.3 Å². The molecule has 1 unspecified atom stereocenters. The monoisotopic (exact) mass is 491 g/mol. The summed E-state index contributed by atoms with van der Waals surface area (Å²) in [5, 5.41) is 3.52. The first-order valence-electron chi connectivity index (χ1n) is 11.3. The molecular formula is C24H30ClN3O4S. The zero-order valence-corrected chi connectivity index (χ0v) is 20.1. The number of benzene rings is 2. The molecule has 0 spiro atoms. The molecule has 2 aromatic rings. The molecule has 7 nitrogen and oxygen atoms in total. The Morgan fingerprint density at radius 3 is 2.42 bits per heavy atom. The summed E-state index contributed by atoms with van der Waals surface area (Å²) in [4.78, 5) is 15.3. The van der Waals surface area contributed by atoms with Crippen LogP contribution in [0.15, 0.2) is 59.5 Å². The van der Waals surface area contributed by atoms with Crippen LogP contribution in [0.3, 0.4) is 0 Å². The fourth-order valence-electron chi connectivity index (χ4n) is 4.36. The maximum absolute atomic E-state index is 12.8. The normalized spacial score (nSPS) is 21.1. The zero-order valence-electron chi connectivity index (χ0n) is 18.5. The Morgan fingerprint density at radius 1 is 1.03 bits per heavy atom. The predicted octanol–water partition coefficient (Wildman–Crippen LogP) is 2.76. The molecule has 0 aliphatic carbocycles. The first kappa shape index (κ1) is 24.2. The van der Waals surface area contributed by atoms with E-state index < -0.39 is 10.0 Å². The van der Waals surface area contributed by atoms with Gasteiger partial charge in [-0.25, -0.2) is 8.42 Å². The van der Waals surface area contributed by atoms with E-state index in [0.717, 1.165) is 19.6 Å². The number of amides is 1. The number of ether oxygens (including phenoxy) is 1. The molecule has 2 aliphatic heterocycles. The van der Waals surface area contributed by atoms with Gasteiger partial charge in [0, 0.05) is 50.2 Å². The summed E-state index contributed by atoms with van der Waals surface area (Å²) < 4.78 is 33.0. The van der Waals surface area contributed by atoms with E-state index >= 15 is 0 Å². The first-order chi connectivity index (χ1) is 15.9. The van der Waals surface area contributed by atoms with E-state index in [9.17, 15) is 13.2 Å². The zero-order chi connectivity index (χ0) is 23.3. The van der Waals surface area contributed by atoms with Crippen LogP contribution in [-0.4, -0.2) is 69.0 Å². The number of morpholine rings is 1. The van der Waals surface area contributed by atoms with Crippen molar-refractivity contribution < 1.29 is 17.9 Å². The van der Waals surface area contributed by atoms with Gasteiger partial charge >= 0.3 is 0 Å². The third-order valence-electron chi connectivity index (χ3n) is 6.25. The molecule has 1 atom stereocenters. The second-order valence-corrected chi connectivity index (χ2v) is 11.0. The summed E-state index contributed by atoms with van der Waals surface area (Å²) in [7, 11) is -3.57. The van der Waals surface area contributed by atoms with Gasteiger partial charge in [-0.05, 0) is 42.7 Å². The van der Waals surface area contributed by atoms with Gasteiger partial charge in [0.05, 0.1) is 17.6 Å². The quantitative estimate of drug-likeness (QED) is 0.644. The molecule has 0 saturated carbocycles. The van der Waals surface area contributed by atoms with Crippen LogP contribution in [0.4, 0.5) is 0 Å². The second-order valence-electron chi connectivity index (χ2n) is 8.59. The number of hydrogen-bond donors (Lipinski definition) is 1. The lowest BCUT2D eigenvalue weighted by Gasteiger charge is -2.34. The van der Waals surface area contributed by atoms with Gasteiger partial charge in [0.1, 0.15) is 0 Å².